The molecule has 0 aliphatic heterocycles. The second-order valence-corrected chi connectivity index (χ2v) is 3.68. The number of fused-ring (bicyclic) bond motifs is 1. The van der Waals surface area contributed by atoms with Crippen molar-refractivity contribution in [3.63, 3.8) is 0 Å². The summed E-state index contributed by atoms with van der Waals surface area (Å²) in [4.78, 5) is 7.82. The van der Waals surface area contributed by atoms with Gasteiger partial charge in [0.2, 0.25) is 6.54 Å². The van der Waals surface area contributed by atoms with E-state index in [1.165, 1.54) is 11.3 Å². The Morgan fingerprint density at radius 2 is 2.27 bits per heavy atom. The van der Waals surface area contributed by atoms with Gasteiger partial charge in [0.15, 0.2) is 0 Å². The molecule has 76 valence electrons. The smallest absolute Gasteiger partial charge is 0.218 e. The molecule has 0 aromatic carbocycles. The SMILES string of the molecule is [C-]#[N+]CCc1ccn2c(C)c(C)nc2c1. The highest BCUT2D eigenvalue weighted by molar-refractivity contribution is 5.45. The number of hydrogen-bond acceptors (Lipinski definition) is 1. The van der Waals surface area contributed by atoms with Crippen LogP contribution in [0.4, 0.5) is 0 Å². The number of hydrogen-bond donors (Lipinski definition) is 0. The first-order valence-corrected chi connectivity index (χ1v) is 5.00. The van der Waals surface area contributed by atoms with Gasteiger partial charge in [-0.15, -0.1) is 0 Å². The summed E-state index contributed by atoms with van der Waals surface area (Å²) in [7, 11) is 0. The highest BCUT2D eigenvalue weighted by Crippen LogP contribution is 2.12. The van der Waals surface area contributed by atoms with Crippen molar-refractivity contribution in [1.82, 2.24) is 9.38 Å². The lowest BCUT2D eigenvalue weighted by Gasteiger charge is -1.99. The molecule has 0 aliphatic carbocycles. The maximum Gasteiger partial charge on any atom is 0.218 e. The standard InChI is InChI=1S/C12H13N3/c1-9-10(2)15-7-5-11(4-6-13-3)8-12(15)14-9/h5,7-8H,4,6H2,1-2H3. The molecule has 0 fully saturated rings. The Bertz CT molecular complexity index is 532. The van der Waals surface area contributed by atoms with E-state index >= 15 is 0 Å². The van der Waals surface area contributed by atoms with Crippen LogP contribution in [0.15, 0.2) is 18.3 Å². The Hall–Kier alpha value is -1.82. The minimum Gasteiger partial charge on any atom is -0.317 e. The summed E-state index contributed by atoms with van der Waals surface area (Å²) < 4.78 is 2.08. The lowest BCUT2D eigenvalue weighted by Crippen LogP contribution is -1.92. The van der Waals surface area contributed by atoms with E-state index in [2.05, 4.69) is 33.3 Å². The Labute approximate surface area is 89.2 Å². The molecule has 2 aromatic rings. The van der Waals surface area contributed by atoms with Crippen LogP contribution in [0.1, 0.15) is 17.0 Å². The van der Waals surface area contributed by atoms with Crippen LogP contribution in [0.2, 0.25) is 0 Å². The molecule has 2 aromatic heterocycles. The summed E-state index contributed by atoms with van der Waals surface area (Å²) in [6.07, 6.45) is 2.84. The van der Waals surface area contributed by atoms with E-state index < -0.39 is 0 Å². The van der Waals surface area contributed by atoms with Gasteiger partial charge in [0.05, 0.1) is 5.69 Å². The van der Waals surface area contributed by atoms with Gasteiger partial charge in [0.1, 0.15) is 5.65 Å². The summed E-state index contributed by atoms with van der Waals surface area (Å²) in [5, 5.41) is 0. The molecule has 0 unspecified atom stereocenters. The lowest BCUT2D eigenvalue weighted by atomic mass is 10.2. The summed E-state index contributed by atoms with van der Waals surface area (Å²) in [6, 6.07) is 4.12. The van der Waals surface area contributed by atoms with Gasteiger partial charge >= 0.3 is 0 Å². The molecular weight excluding hydrogens is 186 g/mol. The number of aryl methyl sites for hydroxylation is 2. The average Bonchev–Trinajstić information content (AvgIpc) is 2.52. The lowest BCUT2D eigenvalue weighted by molar-refractivity contribution is 1.04. The van der Waals surface area contributed by atoms with Gasteiger partial charge in [0, 0.05) is 18.3 Å². The van der Waals surface area contributed by atoms with Crippen molar-refractivity contribution >= 4 is 5.65 Å². The molecule has 2 rings (SSSR count). The van der Waals surface area contributed by atoms with Crippen molar-refractivity contribution in [2.75, 3.05) is 6.54 Å². The second-order valence-electron chi connectivity index (χ2n) is 3.68. The fourth-order valence-corrected chi connectivity index (χ4v) is 1.67. The summed E-state index contributed by atoms with van der Waals surface area (Å²) in [5.74, 6) is 0. The van der Waals surface area contributed by atoms with Crippen LogP contribution in [0.3, 0.4) is 0 Å². The van der Waals surface area contributed by atoms with Gasteiger partial charge in [-0.05, 0) is 31.5 Å². The number of pyridine rings is 1. The van der Waals surface area contributed by atoms with Gasteiger partial charge in [0.25, 0.3) is 0 Å². The first-order chi connectivity index (χ1) is 7.22. The van der Waals surface area contributed by atoms with E-state index in [9.17, 15) is 0 Å². The summed E-state index contributed by atoms with van der Waals surface area (Å²) in [6.45, 7) is 11.4. The number of aromatic nitrogens is 2. The molecule has 0 atom stereocenters. The van der Waals surface area contributed by atoms with E-state index in [1.54, 1.807) is 0 Å². The van der Waals surface area contributed by atoms with Crippen LogP contribution in [0.25, 0.3) is 10.5 Å². The van der Waals surface area contributed by atoms with Crippen molar-refractivity contribution in [1.29, 1.82) is 0 Å². The Morgan fingerprint density at radius 3 is 3.00 bits per heavy atom. The average molecular weight is 199 g/mol. The third-order valence-electron chi connectivity index (χ3n) is 2.68. The second kappa shape index (κ2) is 3.74. The molecule has 0 bridgehead atoms. The van der Waals surface area contributed by atoms with Gasteiger partial charge in [-0.2, -0.15) is 0 Å². The Kier molecular flexibility index (Phi) is 2.42. The van der Waals surface area contributed by atoms with Crippen LogP contribution in [-0.2, 0) is 6.42 Å². The molecule has 15 heavy (non-hydrogen) atoms. The minimum absolute atomic E-state index is 0.550. The van der Waals surface area contributed by atoms with Gasteiger partial charge < -0.3 is 9.25 Å². The predicted molar refractivity (Wildman–Crippen MR) is 59.8 cm³/mol. The fourth-order valence-electron chi connectivity index (χ4n) is 1.67. The molecular formula is C12H13N3. The minimum atomic E-state index is 0.550. The fraction of sp³-hybridized carbons (Fsp3) is 0.333. The van der Waals surface area contributed by atoms with E-state index in [-0.39, 0.29) is 0 Å². The molecule has 2 heterocycles. The van der Waals surface area contributed by atoms with Crippen LogP contribution in [-0.4, -0.2) is 15.9 Å². The first kappa shape index (κ1) is 9.72. The molecule has 0 N–H and O–H groups in total. The van der Waals surface area contributed by atoms with Crippen molar-refractivity contribution < 1.29 is 0 Å². The quantitative estimate of drug-likeness (QED) is 0.681. The monoisotopic (exact) mass is 199 g/mol. The highest BCUT2D eigenvalue weighted by atomic mass is 15.0. The largest absolute Gasteiger partial charge is 0.317 e. The number of nitrogens with zero attached hydrogens (tertiary/aromatic N) is 3. The molecule has 0 saturated carbocycles. The molecule has 0 amide bonds. The molecule has 0 saturated heterocycles. The van der Waals surface area contributed by atoms with E-state index in [4.69, 9.17) is 6.57 Å². The maximum absolute atomic E-state index is 6.76. The third-order valence-corrected chi connectivity index (χ3v) is 2.68. The molecule has 0 aliphatic rings. The zero-order valence-electron chi connectivity index (χ0n) is 8.99. The van der Waals surface area contributed by atoms with E-state index in [0.717, 1.165) is 17.8 Å². The van der Waals surface area contributed by atoms with Crippen molar-refractivity contribution in [3.05, 3.63) is 46.7 Å². The van der Waals surface area contributed by atoms with E-state index in [0.29, 0.717) is 6.54 Å². The van der Waals surface area contributed by atoms with Gasteiger partial charge in [-0.1, -0.05) is 0 Å². The Balaban J connectivity index is 2.44. The Morgan fingerprint density at radius 1 is 1.47 bits per heavy atom. The van der Waals surface area contributed by atoms with Crippen molar-refractivity contribution in [2.45, 2.75) is 20.3 Å². The van der Waals surface area contributed by atoms with Gasteiger partial charge in [-0.25, -0.2) is 11.6 Å². The summed E-state index contributed by atoms with van der Waals surface area (Å²) >= 11 is 0. The van der Waals surface area contributed by atoms with Crippen LogP contribution < -0.4 is 0 Å². The predicted octanol–water partition coefficient (Wildman–Crippen LogP) is 2.41. The zero-order valence-corrected chi connectivity index (χ0v) is 8.99. The van der Waals surface area contributed by atoms with E-state index in [1.807, 2.05) is 13.1 Å². The van der Waals surface area contributed by atoms with Crippen molar-refractivity contribution in [3.8, 4) is 0 Å². The van der Waals surface area contributed by atoms with Gasteiger partial charge in [-0.3, -0.25) is 0 Å². The van der Waals surface area contributed by atoms with Crippen LogP contribution in [0, 0.1) is 20.4 Å². The first-order valence-electron chi connectivity index (χ1n) is 5.00. The highest BCUT2D eigenvalue weighted by Gasteiger charge is 2.04. The van der Waals surface area contributed by atoms with Crippen molar-refractivity contribution in [2.24, 2.45) is 0 Å². The molecule has 0 radical (unpaired) electrons. The third kappa shape index (κ3) is 1.71. The molecule has 3 nitrogen and oxygen atoms in total. The summed E-state index contributed by atoms with van der Waals surface area (Å²) in [5.41, 5.74) is 4.41. The van der Waals surface area contributed by atoms with Crippen LogP contribution in [0.5, 0.6) is 0 Å². The topological polar surface area (TPSA) is 21.7 Å². The normalized spacial score (nSPS) is 10.5. The van der Waals surface area contributed by atoms with Crippen LogP contribution >= 0.6 is 0 Å². The molecule has 0 spiro atoms. The zero-order chi connectivity index (χ0) is 10.8. The maximum atomic E-state index is 6.76. The molecule has 3 heteroatoms. The number of rotatable bonds is 2. The number of imidazole rings is 1.